The first-order valence-electron chi connectivity index (χ1n) is 11.3. The largest absolute Gasteiger partial charge is 0.354 e. The molecule has 152 valence electrons. The first-order chi connectivity index (χ1) is 15.0. The third kappa shape index (κ3) is 2.56. The zero-order valence-electron chi connectivity index (χ0n) is 18.5. The molecular weight excluding hydrogens is 374 g/mol. The Morgan fingerprint density at radius 3 is 2.16 bits per heavy atom. The monoisotopic (exact) mass is 401 g/mol. The topological polar surface area (TPSA) is 15.8 Å². The Labute approximate surface area is 184 Å². The van der Waals surface area contributed by atoms with Crippen molar-refractivity contribution in [2.75, 3.05) is 0 Å². The van der Waals surface area contributed by atoms with Gasteiger partial charge in [0.2, 0.25) is 0 Å². The normalized spacial score (nSPS) is 15.0. The van der Waals surface area contributed by atoms with E-state index in [0.717, 1.165) is 12.8 Å². The molecule has 3 aromatic carbocycles. The molecule has 1 heteroatoms. The fourth-order valence-electron chi connectivity index (χ4n) is 5.73. The Bertz CT molecular complexity index is 1380. The van der Waals surface area contributed by atoms with Crippen LogP contribution in [0, 0.1) is 6.92 Å². The van der Waals surface area contributed by atoms with Crippen molar-refractivity contribution in [3.05, 3.63) is 106 Å². The van der Waals surface area contributed by atoms with Crippen LogP contribution in [0.3, 0.4) is 0 Å². The van der Waals surface area contributed by atoms with Gasteiger partial charge in [0.1, 0.15) is 0 Å². The number of allylic oxidation sites excluding steroid dienone is 3. The van der Waals surface area contributed by atoms with E-state index in [-0.39, 0.29) is 0 Å². The molecule has 0 unspecified atom stereocenters. The third-order valence-corrected chi connectivity index (χ3v) is 7.61. The number of aryl methyl sites for hydroxylation is 2. The standard InChI is InChI=1S/C30H27N/c1-17-15-28-27(29-19(3)18(2)20(4)30(29)31-28)16-21(17)13-14-26-24-11-7-5-9-22(24)23-10-6-8-12-25(23)26/h5-12,15-16,26,31H,3,13-14H2,1-2,4H3. The summed E-state index contributed by atoms with van der Waals surface area (Å²) in [7, 11) is 0. The number of benzene rings is 3. The van der Waals surface area contributed by atoms with E-state index in [2.05, 4.69) is 93.0 Å². The number of fused-ring (bicyclic) bond motifs is 6. The molecule has 0 bridgehead atoms. The van der Waals surface area contributed by atoms with E-state index >= 15 is 0 Å². The Balaban J connectivity index is 1.38. The molecule has 1 heterocycles. The molecule has 0 saturated heterocycles. The maximum absolute atomic E-state index is 4.38. The van der Waals surface area contributed by atoms with Gasteiger partial charge in [-0.3, -0.25) is 0 Å². The summed E-state index contributed by atoms with van der Waals surface area (Å²) in [6, 6.07) is 22.6. The summed E-state index contributed by atoms with van der Waals surface area (Å²) in [6.45, 7) is 11.0. The molecule has 1 nitrogen and oxygen atoms in total. The second kappa shape index (κ2) is 6.59. The van der Waals surface area contributed by atoms with Crippen molar-refractivity contribution >= 4 is 22.0 Å². The van der Waals surface area contributed by atoms with Crippen LogP contribution in [-0.4, -0.2) is 4.98 Å². The molecule has 0 spiro atoms. The van der Waals surface area contributed by atoms with Crippen molar-refractivity contribution in [3.8, 4) is 11.1 Å². The minimum atomic E-state index is 0.473. The molecule has 0 saturated carbocycles. The van der Waals surface area contributed by atoms with Gasteiger partial charge in [0.25, 0.3) is 0 Å². The van der Waals surface area contributed by atoms with E-state index in [4.69, 9.17) is 0 Å². The van der Waals surface area contributed by atoms with Crippen molar-refractivity contribution in [3.63, 3.8) is 0 Å². The van der Waals surface area contributed by atoms with E-state index in [1.165, 1.54) is 72.3 Å². The molecule has 0 amide bonds. The van der Waals surface area contributed by atoms with E-state index < -0.39 is 0 Å². The first kappa shape index (κ1) is 18.4. The maximum atomic E-state index is 4.38. The molecule has 0 aliphatic heterocycles. The number of aromatic nitrogens is 1. The predicted octanol–water partition coefficient (Wildman–Crippen LogP) is 8.04. The molecule has 1 N–H and O–H groups in total. The Morgan fingerprint density at radius 1 is 0.839 bits per heavy atom. The molecule has 4 aromatic rings. The lowest BCUT2D eigenvalue weighted by Crippen LogP contribution is -2.00. The SMILES string of the molecule is C=C1C(C)=C(C)c2[nH]c3cc(C)c(CCC4c5ccccc5-c5ccccc54)cc3c21. The van der Waals surface area contributed by atoms with Gasteiger partial charge in [-0.2, -0.15) is 0 Å². The van der Waals surface area contributed by atoms with Crippen LogP contribution in [0.25, 0.3) is 33.2 Å². The van der Waals surface area contributed by atoms with Crippen LogP contribution in [0.2, 0.25) is 0 Å². The maximum Gasteiger partial charge on any atom is 0.0503 e. The van der Waals surface area contributed by atoms with Gasteiger partial charge in [0.15, 0.2) is 0 Å². The first-order valence-corrected chi connectivity index (χ1v) is 11.3. The highest BCUT2D eigenvalue weighted by molar-refractivity contribution is 6.08. The Kier molecular flexibility index (Phi) is 3.92. The van der Waals surface area contributed by atoms with E-state index in [0.29, 0.717) is 5.92 Å². The van der Waals surface area contributed by atoms with Crippen LogP contribution < -0.4 is 0 Å². The van der Waals surface area contributed by atoms with Crippen molar-refractivity contribution < 1.29 is 0 Å². The lowest BCUT2D eigenvalue weighted by Gasteiger charge is -2.15. The van der Waals surface area contributed by atoms with Gasteiger partial charge in [-0.15, -0.1) is 0 Å². The minimum Gasteiger partial charge on any atom is -0.354 e. The molecule has 31 heavy (non-hydrogen) atoms. The van der Waals surface area contributed by atoms with Crippen molar-refractivity contribution in [1.29, 1.82) is 0 Å². The van der Waals surface area contributed by atoms with Crippen molar-refractivity contribution in [2.45, 2.75) is 39.5 Å². The summed E-state index contributed by atoms with van der Waals surface area (Å²) in [4.78, 5) is 3.66. The molecule has 0 atom stereocenters. The molecule has 1 aromatic heterocycles. The van der Waals surface area contributed by atoms with E-state index in [1.807, 2.05) is 0 Å². The Morgan fingerprint density at radius 2 is 1.48 bits per heavy atom. The summed E-state index contributed by atoms with van der Waals surface area (Å²) in [5.74, 6) is 0.473. The smallest absolute Gasteiger partial charge is 0.0503 e. The highest BCUT2D eigenvalue weighted by atomic mass is 14.7. The molecule has 6 rings (SSSR count). The number of rotatable bonds is 3. The lowest BCUT2D eigenvalue weighted by atomic mass is 9.89. The number of aromatic amines is 1. The van der Waals surface area contributed by atoms with Gasteiger partial charge in [0.05, 0.1) is 5.69 Å². The second-order valence-electron chi connectivity index (χ2n) is 9.19. The minimum absolute atomic E-state index is 0.473. The highest BCUT2D eigenvalue weighted by Gasteiger charge is 2.28. The summed E-state index contributed by atoms with van der Waals surface area (Å²) < 4.78 is 0. The van der Waals surface area contributed by atoms with Crippen LogP contribution in [-0.2, 0) is 6.42 Å². The quantitative estimate of drug-likeness (QED) is 0.357. The number of hydrogen-bond donors (Lipinski definition) is 1. The highest BCUT2D eigenvalue weighted by Crippen LogP contribution is 2.47. The lowest BCUT2D eigenvalue weighted by molar-refractivity contribution is 0.727. The Hall–Kier alpha value is -3.32. The number of nitrogens with one attached hydrogen (secondary N) is 1. The van der Waals surface area contributed by atoms with Crippen molar-refractivity contribution in [1.82, 2.24) is 4.98 Å². The second-order valence-corrected chi connectivity index (χ2v) is 9.19. The number of H-pyrrole nitrogens is 1. The van der Waals surface area contributed by atoms with Crippen LogP contribution >= 0.6 is 0 Å². The van der Waals surface area contributed by atoms with Crippen LogP contribution in [0.4, 0.5) is 0 Å². The van der Waals surface area contributed by atoms with Gasteiger partial charge in [-0.1, -0.05) is 55.1 Å². The zero-order chi connectivity index (χ0) is 21.3. The summed E-state index contributed by atoms with van der Waals surface area (Å²) in [5.41, 5.74) is 16.2. The van der Waals surface area contributed by atoms with Gasteiger partial charge < -0.3 is 4.98 Å². The van der Waals surface area contributed by atoms with Crippen LogP contribution in [0.15, 0.2) is 72.8 Å². The average molecular weight is 402 g/mol. The summed E-state index contributed by atoms with van der Waals surface area (Å²) >= 11 is 0. The third-order valence-electron chi connectivity index (χ3n) is 7.61. The summed E-state index contributed by atoms with van der Waals surface area (Å²) in [5, 5.41) is 1.32. The van der Waals surface area contributed by atoms with Crippen LogP contribution in [0.1, 0.15) is 59.7 Å². The molecule has 0 fully saturated rings. The fourth-order valence-corrected chi connectivity index (χ4v) is 5.73. The summed E-state index contributed by atoms with van der Waals surface area (Å²) in [6.07, 6.45) is 2.21. The van der Waals surface area contributed by atoms with Crippen LogP contribution in [0.5, 0.6) is 0 Å². The predicted molar refractivity (Wildman–Crippen MR) is 132 cm³/mol. The molecule has 0 radical (unpaired) electrons. The van der Waals surface area contributed by atoms with E-state index in [9.17, 15) is 0 Å². The van der Waals surface area contributed by atoms with Crippen molar-refractivity contribution in [2.24, 2.45) is 0 Å². The number of hydrogen-bond acceptors (Lipinski definition) is 0. The van der Waals surface area contributed by atoms with Gasteiger partial charge in [-0.25, -0.2) is 0 Å². The molecule has 2 aliphatic rings. The average Bonchev–Trinajstić information content (AvgIpc) is 3.37. The van der Waals surface area contributed by atoms with E-state index in [1.54, 1.807) is 0 Å². The molecular formula is C30H27N. The molecule has 2 aliphatic carbocycles. The van der Waals surface area contributed by atoms with Gasteiger partial charge in [-0.05, 0) is 95.8 Å². The zero-order valence-corrected chi connectivity index (χ0v) is 18.5. The van der Waals surface area contributed by atoms with Gasteiger partial charge in [0, 0.05) is 22.4 Å². The van der Waals surface area contributed by atoms with Gasteiger partial charge >= 0.3 is 0 Å². The fraction of sp³-hybridized carbons (Fsp3) is 0.200.